The van der Waals surface area contributed by atoms with E-state index in [4.69, 9.17) is 11.6 Å². The quantitative estimate of drug-likeness (QED) is 0.798. The lowest BCUT2D eigenvalue weighted by atomic mass is 10.2. The Morgan fingerprint density at radius 3 is 2.41 bits per heavy atom. The summed E-state index contributed by atoms with van der Waals surface area (Å²) in [6, 6.07) is 14.5. The van der Waals surface area contributed by atoms with Crippen molar-refractivity contribution in [2.75, 3.05) is 0 Å². The molecule has 6 heteroatoms. The van der Waals surface area contributed by atoms with Crippen LogP contribution < -0.4 is 0 Å². The highest BCUT2D eigenvalue weighted by atomic mass is 35.5. The van der Waals surface area contributed by atoms with Crippen molar-refractivity contribution in [2.45, 2.75) is 11.0 Å². The second-order valence-corrected chi connectivity index (χ2v) is 7.09. The third-order valence-corrected chi connectivity index (χ3v) is 5.36. The maximum Gasteiger partial charge on any atom is 0.268 e. The highest BCUT2D eigenvalue weighted by molar-refractivity contribution is 7.90. The van der Waals surface area contributed by atoms with Crippen LogP contribution in [0, 0.1) is 6.92 Å². The Hall–Kier alpha value is -1.82. The lowest BCUT2D eigenvalue weighted by Crippen LogP contribution is -2.16. The maximum absolute atomic E-state index is 12.9. The molecule has 0 saturated carbocycles. The minimum absolute atomic E-state index is 0.143. The molecule has 1 unspecified atom stereocenters. The van der Waals surface area contributed by atoms with Crippen molar-refractivity contribution < 1.29 is 13.5 Å². The molecule has 0 fully saturated rings. The highest BCUT2D eigenvalue weighted by Crippen LogP contribution is 2.30. The monoisotopic (exact) mass is 334 g/mol. The summed E-state index contributed by atoms with van der Waals surface area (Å²) >= 11 is 5.95. The molecule has 113 valence electrons. The van der Waals surface area contributed by atoms with Crippen molar-refractivity contribution in [3.05, 3.63) is 72.2 Å². The van der Waals surface area contributed by atoms with Gasteiger partial charge in [-0.2, -0.15) is 0 Å². The van der Waals surface area contributed by atoms with Crippen LogP contribution in [0.4, 0.5) is 0 Å². The van der Waals surface area contributed by atoms with Gasteiger partial charge >= 0.3 is 0 Å². The molecule has 4 nitrogen and oxygen atoms in total. The third-order valence-electron chi connectivity index (χ3n) is 3.37. The predicted molar refractivity (Wildman–Crippen MR) is 86.3 cm³/mol. The standard InChI is InChI=1S/C16H13ClNO3S/c1-11(19)16-10-12-9-13(17)7-8-15(12)18(16)22(20,21)14-5-3-2-4-6-14/h2-11,19H,1H2. The average molecular weight is 335 g/mol. The van der Waals surface area contributed by atoms with E-state index in [9.17, 15) is 13.5 Å². The smallest absolute Gasteiger partial charge is 0.268 e. The highest BCUT2D eigenvalue weighted by Gasteiger charge is 2.24. The molecule has 22 heavy (non-hydrogen) atoms. The first-order valence-corrected chi connectivity index (χ1v) is 8.36. The Bertz CT molecular complexity index is 931. The van der Waals surface area contributed by atoms with Crippen LogP contribution in [-0.2, 0) is 10.0 Å². The van der Waals surface area contributed by atoms with Gasteiger partial charge in [0.1, 0.15) is 0 Å². The Morgan fingerprint density at radius 1 is 1.09 bits per heavy atom. The summed E-state index contributed by atoms with van der Waals surface area (Å²) in [6.07, 6.45) is -1.18. The summed E-state index contributed by atoms with van der Waals surface area (Å²) in [4.78, 5) is 0.143. The molecule has 0 aliphatic carbocycles. The summed E-state index contributed by atoms with van der Waals surface area (Å²) in [7, 11) is -3.84. The van der Waals surface area contributed by atoms with E-state index in [1.165, 1.54) is 12.1 Å². The molecule has 1 radical (unpaired) electrons. The first-order chi connectivity index (χ1) is 10.4. The summed E-state index contributed by atoms with van der Waals surface area (Å²) in [5.41, 5.74) is 0.645. The molecule has 3 aromatic rings. The van der Waals surface area contributed by atoms with Gasteiger partial charge in [0.05, 0.1) is 22.2 Å². The predicted octanol–water partition coefficient (Wildman–Crippen LogP) is 3.40. The Kier molecular flexibility index (Phi) is 3.72. The molecule has 1 atom stereocenters. The zero-order chi connectivity index (χ0) is 15.9. The summed E-state index contributed by atoms with van der Waals surface area (Å²) < 4.78 is 26.9. The first kappa shape index (κ1) is 15.1. The van der Waals surface area contributed by atoms with Crippen molar-refractivity contribution in [3.63, 3.8) is 0 Å². The zero-order valence-corrected chi connectivity index (χ0v) is 13.1. The fourth-order valence-electron chi connectivity index (χ4n) is 2.38. The van der Waals surface area contributed by atoms with Crippen LogP contribution in [0.5, 0.6) is 0 Å². The van der Waals surface area contributed by atoms with Gasteiger partial charge in [-0.25, -0.2) is 12.4 Å². The largest absolute Gasteiger partial charge is 0.387 e. The number of benzene rings is 2. The molecule has 1 aromatic heterocycles. The number of nitrogens with zero attached hydrogens (tertiary/aromatic N) is 1. The van der Waals surface area contributed by atoms with Gasteiger partial charge in [-0.3, -0.25) is 0 Å². The number of hydrogen-bond acceptors (Lipinski definition) is 3. The molecule has 0 amide bonds. The van der Waals surface area contributed by atoms with Crippen molar-refractivity contribution in [1.82, 2.24) is 3.97 Å². The second-order valence-electron chi connectivity index (χ2n) is 4.87. The number of hydrogen-bond donors (Lipinski definition) is 1. The number of aliphatic hydroxyl groups is 1. The number of rotatable bonds is 3. The van der Waals surface area contributed by atoms with E-state index < -0.39 is 16.1 Å². The van der Waals surface area contributed by atoms with Gasteiger partial charge in [-0.05, 0) is 43.3 Å². The van der Waals surface area contributed by atoms with Crippen molar-refractivity contribution in [3.8, 4) is 0 Å². The molecule has 0 aliphatic heterocycles. The lowest BCUT2D eigenvalue weighted by molar-refractivity contribution is 0.220. The molecular formula is C16H13ClNO3S. The van der Waals surface area contributed by atoms with Crippen molar-refractivity contribution in [2.24, 2.45) is 0 Å². The SMILES string of the molecule is [CH2]C(O)c1cc2cc(Cl)ccc2n1S(=O)(=O)c1ccccc1. The lowest BCUT2D eigenvalue weighted by Gasteiger charge is -2.13. The normalized spacial score (nSPS) is 13.4. The summed E-state index contributed by atoms with van der Waals surface area (Å²) in [5.74, 6) is 0. The van der Waals surface area contributed by atoms with Crippen LogP contribution in [0.25, 0.3) is 10.9 Å². The van der Waals surface area contributed by atoms with Gasteiger partial charge < -0.3 is 5.11 Å². The van der Waals surface area contributed by atoms with Crippen LogP contribution in [0.3, 0.4) is 0 Å². The van der Waals surface area contributed by atoms with Gasteiger partial charge in [0, 0.05) is 10.4 Å². The number of fused-ring (bicyclic) bond motifs is 1. The van der Waals surface area contributed by atoms with Gasteiger partial charge in [-0.1, -0.05) is 29.8 Å². The minimum atomic E-state index is -3.84. The van der Waals surface area contributed by atoms with Crippen molar-refractivity contribution >= 4 is 32.5 Å². The maximum atomic E-state index is 12.9. The van der Waals surface area contributed by atoms with E-state index in [1.807, 2.05) is 0 Å². The zero-order valence-electron chi connectivity index (χ0n) is 11.5. The van der Waals surface area contributed by atoms with E-state index in [-0.39, 0.29) is 10.6 Å². The van der Waals surface area contributed by atoms with Gasteiger partial charge in [0.25, 0.3) is 10.0 Å². The van der Waals surface area contributed by atoms with E-state index in [2.05, 4.69) is 6.92 Å². The Labute approximate surface area is 133 Å². The van der Waals surface area contributed by atoms with Gasteiger partial charge in [0.15, 0.2) is 0 Å². The van der Waals surface area contributed by atoms with E-state index in [0.29, 0.717) is 15.9 Å². The molecule has 3 rings (SSSR count). The van der Waals surface area contributed by atoms with Crippen LogP contribution in [0.1, 0.15) is 11.8 Å². The van der Waals surface area contributed by atoms with E-state index >= 15 is 0 Å². The minimum Gasteiger partial charge on any atom is -0.387 e. The number of halogens is 1. The van der Waals surface area contributed by atoms with Gasteiger partial charge in [0.2, 0.25) is 0 Å². The number of aliphatic hydroxyl groups excluding tert-OH is 1. The van der Waals surface area contributed by atoms with Crippen LogP contribution in [-0.4, -0.2) is 17.5 Å². The molecule has 1 N–H and O–H groups in total. The van der Waals surface area contributed by atoms with Gasteiger partial charge in [-0.15, -0.1) is 0 Å². The Balaban J connectivity index is 2.36. The van der Waals surface area contributed by atoms with E-state index in [1.54, 1.807) is 42.5 Å². The average Bonchev–Trinajstić information content (AvgIpc) is 2.87. The summed E-state index contributed by atoms with van der Waals surface area (Å²) in [5, 5.41) is 11.0. The van der Waals surface area contributed by atoms with Crippen LogP contribution in [0.15, 0.2) is 59.5 Å². The molecule has 0 spiro atoms. The summed E-state index contributed by atoms with van der Waals surface area (Å²) in [6.45, 7) is 3.53. The molecule has 2 aromatic carbocycles. The Morgan fingerprint density at radius 2 is 1.77 bits per heavy atom. The molecular weight excluding hydrogens is 322 g/mol. The molecule has 0 saturated heterocycles. The molecule has 0 aliphatic rings. The molecule has 1 heterocycles. The third kappa shape index (κ3) is 2.41. The topological polar surface area (TPSA) is 59.3 Å². The second kappa shape index (κ2) is 5.43. The first-order valence-electron chi connectivity index (χ1n) is 6.54. The fourth-order valence-corrected chi connectivity index (χ4v) is 4.15. The fraction of sp³-hybridized carbons (Fsp3) is 0.0625. The number of aromatic nitrogens is 1. The van der Waals surface area contributed by atoms with E-state index in [0.717, 1.165) is 3.97 Å². The van der Waals surface area contributed by atoms with Crippen molar-refractivity contribution in [1.29, 1.82) is 0 Å². The van der Waals surface area contributed by atoms with Crippen LogP contribution >= 0.6 is 11.6 Å². The molecule has 0 bridgehead atoms. The van der Waals surface area contributed by atoms with Crippen LogP contribution in [0.2, 0.25) is 5.02 Å².